The molecule has 1 N–H and O–H groups in total. The second-order valence-corrected chi connectivity index (χ2v) is 8.16. The third kappa shape index (κ3) is 5.94. The summed E-state index contributed by atoms with van der Waals surface area (Å²) in [4.78, 5) is 36.2. The number of carbonyl (C=O) groups is 3. The van der Waals surface area contributed by atoms with Gasteiger partial charge in [-0.1, -0.05) is 56.2 Å². The fourth-order valence-corrected chi connectivity index (χ4v) is 4.11. The molecule has 0 fully saturated rings. The van der Waals surface area contributed by atoms with E-state index in [0.717, 1.165) is 24.8 Å². The van der Waals surface area contributed by atoms with Crippen LogP contribution in [0.1, 0.15) is 82.0 Å². The van der Waals surface area contributed by atoms with E-state index in [4.69, 9.17) is 4.74 Å². The average molecular weight is 434 g/mol. The van der Waals surface area contributed by atoms with Crippen LogP contribution in [0.5, 0.6) is 0 Å². The summed E-state index contributed by atoms with van der Waals surface area (Å²) in [7, 11) is 0. The van der Waals surface area contributed by atoms with E-state index < -0.39 is 17.8 Å². The Bertz CT molecular complexity index is 1010. The number of allylic oxidation sites excluding steroid dienone is 1. The van der Waals surface area contributed by atoms with Gasteiger partial charge in [-0.15, -0.1) is 6.58 Å². The van der Waals surface area contributed by atoms with Crippen LogP contribution in [0.2, 0.25) is 0 Å². The van der Waals surface area contributed by atoms with E-state index in [1.807, 2.05) is 12.1 Å². The Balaban J connectivity index is 1.53. The highest BCUT2D eigenvalue weighted by atomic mass is 16.5. The standard InChI is InChI=1S/C27H31NO4/c1-3-5-6-7-8-9-11-21-15-14-19(16-20(21)4-2)18-32-24(29)17-22-12-10-13-23-25(22)27(31)28-26(23)30/h3,10,12-16H,1,4-9,11,17-18H2,2H3,(H,28,30,31). The molecule has 1 heterocycles. The van der Waals surface area contributed by atoms with Gasteiger partial charge >= 0.3 is 5.97 Å². The van der Waals surface area contributed by atoms with Gasteiger partial charge < -0.3 is 4.74 Å². The number of aryl methyl sites for hydroxylation is 2. The molecule has 168 valence electrons. The molecule has 1 aliphatic rings. The van der Waals surface area contributed by atoms with Gasteiger partial charge in [-0.2, -0.15) is 0 Å². The van der Waals surface area contributed by atoms with Crippen molar-refractivity contribution in [2.75, 3.05) is 0 Å². The highest BCUT2D eigenvalue weighted by Crippen LogP contribution is 2.21. The van der Waals surface area contributed by atoms with Crippen molar-refractivity contribution in [2.45, 2.75) is 64.9 Å². The number of hydrogen-bond donors (Lipinski definition) is 1. The average Bonchev–Trinajstić information content (AvgIpc) is 3.09. The van der Waals surface area contributed by atoms with Crippen molar-refractivity contribution in [3.63, 3.8) is 0 Å². The molecule has 2 aromatic rings. The minimum absolute atomic E-state index is 0.0472. The Hall–Kier alpha value is -3.21. The number of fused-ring (bicyclic) bond motifs is 1. The van der Waals surface area contributed by atoms with Gasteiger partial charge in [0.25, 0.3) is 11.8 Å². The number of esters is 1. The van der Waals surface area contributed by atoms with Crippen molar-refractivity contribution < 1.29 is 19.1 Å². The number of imide groups is 1. The molecule has 32 heavy (non-hydrogen) atoms. The van der Waals surface area contributed by atoms with Crippen LogP contribution in [0.3, 0.4) is 0 Å². The normalized spacial score (nSPS) is 12.4. The van der Waals surface area contributed by atoms with Crippen molar-refractivity contribution in [1.82, 2.24) is 5.32 Å². The quantitative estimate of drug-likeness (QED) is 0.219. The Kier molecular flexibility index (Phi) is 8.37. The van der Waals surface area contributed by atoms with Gasteiger partial charge in [0, 0.05) is 0 Å². The highest BCUT2D eigenvalue weighted by Gasteiger charge is 2.29. The van der Waals surface area contributed by atoms with Crippen molar-refractivity contribution in [3.05, 3.63) is 82.4 Å². The molecule has 0 saturated carbocycles. The van der Waals surface area contributed by atoms with Crippen LogP contribution in [-0.4, -0.2) is 17.8 Å². The maximum atomic E-state index is 12.4. The van der Waals surface area contributed by atoms with Crippen LogP contribution in [0.25, 0.3) is 0 Å². The van der Waals surface area contributed by atoms with E-state index in [2.05, 4.69) is 31.0 Å². The Morgan fingerprint density at radius 1 is 1.00 bits per heavy atom. The lowest BCUT2D eigenvalue weighted by atomic mass is 9.97. The number of unbranched alkanes of at least 4 members (excludes halogenated alkanes) is 4. The molecule has 0 bridgehead atoms. The first-order chi connectivity index (χ1) is 15.5. The topological polar surface area (TPSA) is 72.5 Å². The summed E-state index contributed by atoms with van der Waals surface area (Å²) >= 11 is 0. The Morgan fingerprint density at radius 3 is 2.59 bits per heavy atom. The van der Waals surface area contributed by atoms with E-state index >= 15 is 0 Å². The molecule has 0 spiro atoms. The van der Waals surface area contributed by atoms with Crippen molar-refractivity contribution in [2.24, 2.45) is 0 Å². The van der Waals surface area contributed by atoms with Crippen LogP contribution < -0.4 is 5.32 Å². The fraction of sp³-hybridized carbons (Fsp3) is 0.370. The van der Waals surface area contributed by atoms with Gasteiger partial charge in [0.2, 0.25) is 0 Å². The number of ether oxygens (including phenoxy) is 1. The molecule has 3 rings (SSSR count). The predicted octanol–water partition coefficient (Wildman–Crippen LogP) is 5.10. The minimum Gasteiger partial charge on any atom is -0.461 e. The van der Waals surface area contributed by atoms with Gasteiger partial charge in [-0.25, -0.2) is 0 Å². The van der Waals surface area contributed by atoms with Crippen LogP contribution in [0.4, 0.5) is 0 Å². The molecular formula is C27H31NO4. The van der Waals surface area contributed by atoms with Gasteiger partial charge in [0.15, 0.2) is 0 Å². The number of nitrogens with one attached hydrogen (secondary N) is 1. The molecule has 5 nitrogen and oxygen atoms in total. The lowest BCUT2D eigenvalue weighted by Gasteiger charge is -2.12. The zero-order valence-electron chi connectivity index (χ0n) is 18.7. The predicted molar refractivity (Wildman–Crippen MR) is 125 cm³/mol. The van der Waals surface area contributed by atoms with E-state index in [-0.39, 0.29) is 18.6 Å². The third-order valence-corrected chi connectivity index (χ3v) is 5.84. The zero-order chi connectivity index (χ0) is 22.9. The molecule has 0 unspecified atom stereocenters. The zero-order valence-corrected chi connectivity index (χ0v) is 18.7. The maximum Gasteiger partial charge on any atom is 0.310 e. The molecule has 2 amide bonds. The molecule has 2 aromatic carbocycles. The summed E-state index contributed by atoms with van der Waals surface area (Å²) in [5, 5.41) is 2.26. The second-order valence-electron chi connectivity index (χ2n) is 8.16. The number of benzene rings is 2. The summed E-state index contributed by atoms with van der Waals surface area (Å²) < 4.78 is 5.47. The van der Waals surface area contributed by atoms with Crippen LogP contribution in [0, 0.1) is 0 Å². The van der Waals surface area contributed by atoms with Crippen LogP contribution in [0.15, 0.2) is 49.1 Å². The van der Waals surface area contributed by atoms with Gasteiger partial charge in [0.05, 0.1) is 17.5 Å². The van der Waals surface area contributed by atoms with E-state index in [1.165, 1.54) is 36.8 Å². The Morgan fingerprint density at radius 2 is 1.81 bits per heavy atom. The number of carbonyl (C=O) groups excluding carboxylic acids is 3. The Labute approximate surface area is 189 Å². The summed E-state index contributed by atoms with van der Waals surface area (Å²) in [6.45, 7) is 6.09. The molecule has 1 aliphatic heterocycles. The first-order valence-electron chi connectivity index (χ1n) is 11.4. The second kappa shape index (κ2) is 11.4. The third-order valence-electron chi connectivity index (χ3n) is 5.84. The van der Waals surface area contributed by atoms with Crippen LogP contribution in [-0.2, 0) is 35.4 Å². The lowest BCUT2D eigenvalue weighted by Crippen LogP contribution is -2.20. The van der Waals surface area contributed by atoms with Gasteiger partial charge in [-0.3, -0.25) is 19.7 Å². The first-order valence-corrected chi connectivity index (χ1v) is 11.4. The number of amides is 2. The minimum atomic E-state index is -0.461. The van der Waals surface area contributed by atoms with E-state index in [9.17, 15) is 14.4 Å². The summed E-state index contributed by atoms with van der Waals surface area (Å²) in [6.07, 6.45) is 9.87. The molecular weight excluding hydrogens is 402 g/mol. The van der Waals surface area contributed by atoms with E-state index in [0.29, 0.717) is 11.1 Å². The molecule has 5 heteroatoms. The van der Waals surface area contributed by atoms with Crippen molar-refractivity contribution in [1.29, 1.82) is 0 Å². The SMILES string of the molecule is C=CCCCCCCc1ccc(COC(=O)Cc2cccc3c2C(=O)NC3=O)cc1CC. The molecule has 0 atom stereocenters. The summed E-state index contributed by atoms with van der Waals surface area (Å²) in [5.74, 6) is -1.31. The van der Waals surface area contributed by atoms with Crippen molar-refractivity contribution >= 4 is 17.8 Å². The largest absolute Gasteiger partial charge is 0.461 e. The van der Waals surface area contributed by atoms with Crippen molar-refractivity contribution in [3.8, 4) is 0 Å². The highest BCUT2D eigenvalue weighted by molar-refractivity contribution is 6.22. The lowest BCUT2D eigenvalue weighted by molar-refractivity contribution is -0.144. The van der Waals surface area contributed by atoms with Gasteiger partial charge in [-0.05, 0) is 60.4 Å². The molecule has 0 saturated heterocycles. The summed E-state index contributed by atoms with van der Waals surface area (Å²) in [5.41, 5.74) is 4.70. The van der Waals surface area contributed by atoms with E-state index in [1.54, 1.807) is 18.2 Å². The molecule has 0 aliphatic carbocycles. The monoisotopic (exact) mass is 433 g/mol. The fourth-order valence-electron chi connectivity index (χ4n) is 4.11. The number of hydrogen-bond acceptors (Lipinski definition) is 4. The van der Waals surface area contributed by atoms with Gasteiger partial charge in [0.1, 0.15) is 6.61 Å². The van der Waals surface area contributed by atoms with Crippen LogP contribution >= 0.6 is 0 Å². The molecule has 0 radical (unpaired) electrons. The summed E-state index contributed by atoms with van der Waals surface area (Å²) in [6, 6.07) is 11.2. The number of rotatable bonds is 12. The smallest absolute Gasteiger partial charge is 0.310 e. The molecule has 0 aromatic heterocycles. The first kappa shape index (κ1) is 23.5. The maximum absolute atomic E-state index is 12.4.